The van der Waals surface area contributed by atoms with Gasteiger partial charge in [-0.1, -0.05) is 6.07 Å². The van der Waals surface area contributed by atoms with Crippen molar-refractivity contribution in [3.63, 3.8) is 0 Å². The number of amides is 1. The molecule has 0 radical (unpaired) electrons. The molecule has 0 N–H and O–H groups in total. The lowest BCUT2D eigenvalue weighted by atomic mass is 10.1. The van der Waals surface area contributed by atoms with Gasteiger partial charge in [0, 0.05) is 44.0 Å². The van der Waals surface area contributed by atoms with Crippen LogP contribution in [0.5, 0.6) is 5.75 Å². The average molecular weight is 395 g/mol. The molecular weight excluding hydrogens is 374 g/mol. The quantitative estimate of drug-likeness (QED) is 0.586. The number of non-ortho nitro benzene ring substituents is 1. The predicted octanol–water partition coefficient (Wildman–Crippen LogP) is 2.50. The first-order valence-corrected chi connectivity index (χ1v) is 9.16. The van der Waals surface area contributed by atoms with E-state index in [1.165, 1.54) is 18.2 Å². The normalized spacial score (nSPS) is 19.2. The first kappa shape index (κ1) is 18.9. The van der Waals surface area contributed by atoms with E-state index in [0.29, 0.717) is 23.0 Å². The Kier molecular flexibility index (Phi) is 4.67. The van der Waals surface area contributed by atoms with Crippen molar-refractivity contribution in [2.24, 2.45) is 4.99 Å². The van der Waals surface area contributed by atoms with E-state index >= 15 is 0 Å². The number of fused-ring (bicyclic) bond motifs is 2. The SMILES string of the molecule is COc1cccc(N2C(=O)c3cc([N+](=O)[O-])ccc3N=C3C2N(C)CCN3C)c1. The van der Waals surface area contributed by atoms with Crippen LogP contribution in [-0.2, 0) is 0 Å². The summed E-state index contributed by atoms with van der Waals surface area (Å²) in [5.41, 5.74) is 1.11. The van der Waals surface area contributed by atoms with Crippen molar-refractivity contribution in [3.8, 4) is 5.75 Å². The van der Waals surface area contributed by atoms with Gasteiger partial charge in [0.15, 0.2) is 0 Å². The van der Waals surface area contributed by atoms with Gasteiger partial charge in [0.2, 0.25) is 0 Å². The summed E-state index contributed by atoms with van der Waals surface area (Å²) < 4.78 is 5.33. The van der Waals surface area contributed by atoms with Gasteiger partial charge >= 0.3 is 0 Å². The number of carbonyl (C=O) groups is 1. The molecule has 9 heteroatoms. The fraction of sp³-hybridized carbons (Fsp3) is 0.300. The van der Waals surface area contributed by atoms with Crippen molar-refractivity contribution in [3.05, 3.63) is 58.1 Å². The van der Waals surface area contributed by atoms with E-state index in [1.54, 1.807) is 24.1 Å². The maximum Gasteiger partial charge on any atom is 0.270 e. The number of rotatable bonds is 3. The van der Waals surface area contributed by atoms with Gasteiger partial charge in [-0.25, -0.2) is 4.99 Å². The van der Waals surface area contributed by atoms with E-state index in [0.717, 1.165) is 13.1 Å². The monoisotopic (exact) mass is 395 g/mol. The second-order valence-electron chi connectivity index (χ2n) is 7.08. The molecule has 1 saturated heterocycles. The van der Waals surface area contributed by atoms with Gasteiger partial charge in [-0.2, -0.15) is 0 Å². The number of likely N-dealkylation sites (N-methyl/N-ethyl adjacent to an activating group) is 2. The van der Waals surface area contributed by atoms with Gasteiger partial charge < -0.3 is 9.64 Å². The van der Waals surface area contributed by atoms with Gasteiger partial charge in [0.1, 0.15) is 17.8 Å². The molecule has 2 aliphatic rings. The highest BCUT2D eigenvalue weighted by Gasteiger charge is 2.41. The summed E-state index contributed by atoms with van der Waals surface area (Å²) >= 11 is 0. The lowest BCUT2D eigenvalue weighted by Crippen LogP contribution is -2.62. The zero-order chi connectivity index (χ0) is 20.7. The molecule has 1 unspecified atom stereocenters. The van der Waals surface area contributed by atoms with Gasteiger partial charge in [0.05, 0.1) is 23.3 Å². The van der Waals surface area contributed by atoms with E-state index in [4.69, 9.17) is 9.73 Å². The van der Waals surface area contributed by atoms with Crippen LogP contribution < -0.4 is 9.64 Å². The van der Waals surface area contributed by atoms with E-state index in [1.807, 2.05) is 31.1 Å². The molecule has 2 aliphatic heterocycles. The highest BCUT2D eigenvalue weighted by atomic mass is 16.6. The van der Waals surface area contributed by atoms with Crippen molar-refractivity contribution in [1.29, 1.82) is 0 Å². The van der Waals surface area contributed by atoms with Crippen molar-refractivity contribution in [1.82, 2.24) is 9.80 Å². The second kappa shape index (κ2) is 7.17. The van der Waals surface area contributed by atoms with Gasteiger partial charge in [0.25, 0.3) is 11.6 Å². The van der Waals surface area contributed by atoms with Crippen molar-refractivity contribution in [2.75, 3.05) is 39.2 Å². The van der Waals surface area contributed by atoms with Crippen molar-refractivity contribution < 1.29 is 14.5 Å². The number of methoxy groups -OCH3 is 1. The Morgan fingerprint density at radius 3 is 2.69 bits per heavy atom. The fourth-order valence-electron chi connectivity index (χ4n) is 3.68. The Bertz CT molecular complexity index is 1020. The number of hydrogen-bond donors (Lipinski definition) is 0. The molecular formula is C20H21N5O4. The number of aliphatic imine (C=N–C) groups is 1. The number of amidine groups is 1. The summed E-state index contributed by atoms with van der Waals surface area (Å²) in [5, 5.41) is 11.3. The fourth-order valence-corrected chi connectivity index (χ4v) is 3.68. The Labute approximate surface area is 167 Å². The molecule has 1 atom stereocenters. The molecule has 1 amide bonds. The highest BCUT2D eigenvalue weighted by Crippen LogP contribution is 2.35. The number of nitro groups is 1. The molecule has 4 rings (SSSR count). The number of hydrogen-bond acceptors (Lipinski definition) is 7. The summed E-state index contributed by atoms with van der Waals surface area (Å²) in [5.74, 6) is 0.981. The third kappa shape index (κ3) is 3.19. The molecule has 1 fully saturated rings. The standard InChI is InChI=1S/C20H21N5O4/c1-22-9-10-23(2)19-18(22)21-17-8-7-14(25(27)28)12-16(17)20(26)24(19)13-5-4-6-15(11-13)29-3/h4-8,11-12,19H,9-10H2,1-3H3. The molecule has 9 nitrogen and oxygen atoms in total. The number of ether oxygens (including phenoxy) is 1. The Morgan fingerprint density at radius 1 is 1.17 bits per heavy atom. The first-order valence-electron chi connectivity index (χ1n) is 9.16. The smallest absolute Gasteiger partial charge is 0.270 e. The van der Waals surface area contributed by atoms with Crippen LogP contribution in [0.2, 0.25) is 0 Å². The van der Waals surface area contributed by atoms with Gasteiger partial charge in [-0.15, -0.1) is 0 Å². The largest absolute Gasteiger partial charge is 0.497 e. The Hall–Kier alpha value is -3.46. The second-order valence-corrected chi connectivity index (χ2v) is 7.08. The zero-order valence-corrected chi connectivity index (χ0v) is 16.4. The summed E-state index contributed by atoms with van der Waals surface area (Å²) in [7, 11) is 5.44. The summed E-state index contributed by atoms with van der Waals surface area (Å²) in [6.07, 6.45) is -0.445. The molecule has 2 aromatic rings. The lowest BCUT2D eigenvalue weighted by molar-refractivity contribution is -0.384. The van der Waals surface area contributed by atoms with Crippen molar-refractivity contribution in [2.45, 2.75) is 6.17 Å². The van der Waals surface area contributed by atoms with E-state index in [9.17, 15) is 14.9 Å². The third-order valence-electron chi connectivity index (χ3n) is 5.28. The summed E-state index contributed by atoms with van der Waals surface area (Å²) in [6.45, 7) is 1.50. The van der Waals surface area contributed by atoms with Crippen LogP contribution in [0, 0.1) is 10.1 Å². The minimum absolute atomic E-state index is 0.144. The van der Waals surface area contributed by atoms with E-state index < -0.39 is 11.1 Å². The molecule has 29 heavy (non-hydrogen) atoms. The average Bonchev–Trinajstić information content (AvgIpc) is 2.85. The van der Waals surface area contributed by atoms with Gasteiger partial charge in [-0.3, -0.25) is 24.7 Å². The zero-order valence-electron chi connectivity index (χ0n) is 16.4. The van der Waals surface area contributed by atoms with Crippen LogP contribution in [0.1, 0.15) is 10.4 Å². The third-order valence-corrected chi connectivity index (χ3v) is 5.28. The topological polar surface area (TPSA) is 91.5 Å². The maximum atomic E-state index is 13.7. The Morgan fingerprint density at radius 2 is 1.97 bits per heavy atom. The van der Waals surface area contributed by atoms with Gasteiger partial charge in [-0.05, 0) is 25.2 Å². The minimum atomic E-state index is -0.507. The van der Waals surface area contributed by atoms with Crippen LogP contribution >= 0.6 is 0 Å². The number of nitrogens with zero attached hydrogens (tertiary/aromatic N) is 5. The number of anilines is 1. The molecule has 150 valence electrons. The summed E-state index contributed by atoms with van der Waals surface area (Å²) in [6, 6.07) is 11.4. The predicted molar refractivity (Wildman–Crippen MR) is 109 cm³/mol. The molecule has 0 aromatic heterocycles. The molecule has 2 heterocycles. The van der Waals surface area contributed by atoms with Crippen LogP contribution in [0.3, 0.4) is 0 Å². The van der Waals surface area contributed by atoms with Crippen LogP contribution in [0.4, 0.5) is 17.1 Å². The molecule has 2 aromatic carbocycles. The van der Waals surface area contributed by atoms with Crippen LogP contribution in [-0.4, -0.2) is 66.9 Å². The first-order chi connectivity index (χ1) is 13.9. The van der Waals surface area contributed by atoms with E-state index in [-0.39, 0.29) is 17.2 Å². The number of benzene rings is 2. The van der Waals surface area contributed by atoms with Crippen molar-refractivity contribution >= 4 is 28.8 Å². The molecule has 0 saturated carbocycles. The molecule has 0 aliphatic carbocycles. The highest BCUT2D eigenvalue weighted by molar-refractivity contribution is 6.15. The number of carbonyl (C=O) groups excluding carboxylic acids is 1. The Balaban J connectivity index is 1.95. The number of nitro benzene ring substituents is 1. The maximum absolute atomic E-state index is 13.7. The van der Waals surface area contributed by atoms with Crippen LogP contribution in [0.25, 0.3) is 0 Å². The molecule has 0 spiro atoms. The van der Waals surface area contributed by atoms with E-state index in [2.05, 4.69) is 4.90 Å². The minimum Gasteiger partial charge on any atom is -0.497 e. The van der Waals surface area contributed by atoms with Crippen LogP contribution in [0.15, 0.2) is 47.5 Å². The number of piperazine rings is 1. The lowest BCUT2D eigenvalue weighted by Gasteiger charge is -2.44. The molecule has 0 bridgehead atoms. The summed E-state index contributed by atoms with van der Waals surface area (Å²) in [4.78, 5) is 34.9.